The monoisotopic (exact) mass is 1950 g/mol. The van der Waals surface area contributed by atoms with Crippen LogP contribution in [0.25, 0.3) is 0 Å². The number of carbonyl (C=O) groups is 7. The lowest BCUT2D eigenvalue weighted by atomic mass is 9.73. The van der Waals surface area contributed by atoms with Crippen molar-refractivity contribution in [2.24, 2.45) is 56.7 Å². The van der Waals surface area contributed by atoms with Crippen LogP contribution in [-0.4, -0.2) is 132 Å². The van der Waals surface area contributed by atoms with E-state index in [1.54, 1.807) is 77.9 Å². The summed E-state index contributed by atoms with van der Waals surface area (Å²) in [7, 11) is -8.84. The molecule has 14 atom stereocenters. The van der Waals surface area contributed by atoms with Crippen molar-refractivity contribution in [1.82, 2.24) is 4.72 Å². The minimum atomic E-state index is -5.89. The Balaban J connectivity index is 0.000000288. The zero-order valence-electron chi connectivity index (χ0n) is 80.0. The molecule has 4 aromatic rings. The van der Waals surface area contributed by atoms with Crippen molar-refractivity contribution in [3.05, 3.63) is 130 Å². The summed E-state index contributed by atoms with van der Waals surface area (Å²) in [6.45, 7) is 46.6. The van der Waals surface area contributed by atoms with E-state index in [1.165, 1.54) is 47.1 Å². The molecule has 2 saturated heterocycles. The highest BCUT2D eigenvalue weighted by atomic mass is 32.2. The van der Waals surface area contributed by atoms with E-state index < -0.39 is 181 Å². The van der Waals surface area contributed by atoms with E-state index in [1.807, 2.05) is 71.0 Å². The summed E-state index contributed by atoms with van der Waals surface area (Å²) in [4.78, 5) is 86.4. The summed E-state index contributed by atoms with van der Waals surface area (Å²) in [5.74, 6) is -8.80. The number of sulfonamides is 2. The second-order valence-electron chi connectivity index (χ2n) is 39.3. The number of fused-ring (bicyclic) bond motifs is 2. The van der Waals surface area contributed by atoms with E-state index in [9.17, 15) is 116 Å². The van der Waals surface area contributed by atoms with Gasteiger partial charge in [-0.15, -0.1) is 0 Å². The SMILES string of the molecule is CCC(C)(C)C(=O)OC1C2CC3C1OC(=O)C3(C(=O)OC(C(F)(F)F)C(F)(F)F)C2.CCC(C)(C)C(=O)OC1C2CC3C1OC(=O)C3(C(=O)OC(C(F)(F)F)C(F)(F)F)C2.CCC(C)c1ccc(C(C)(C)C)cc1.CCC(C)c1ccc(CNS(=O)(=O)C(F)(F)F)cc1.CCC(C)c1ccc(S(=O)(=O)Nc2ccc(C(C)(C)C)cc2)cc1.CCCCC(CC)COC(=O)C(C)(C)CC. The lowest BCUT2D eigenvalue weighted by Gasteiger charge is -2.33. The van der Waals surface area contributed by atoms with E-state index in [0.717, 1.165) is 36.8 Å². The molecule has 4 aromatic carbocycles. The minimum Gasteiger partial charge on any atom is -0.465 e. The van der Waals surface area contributed by atoms with Crippen LogP contribution in [0.3, 0.4) is 0 Å². The molecule has 0 aromatic heterocycles. The van der Waals surface area contributed by atoms with Gasteiger partial charge < -0.3 is 33.2 Å². The summed E-state index contributed by atoms with van der Waals surface area (Å²) in [6, 6.07) is 30.6. The van der Waals surface area contributed by atoms with Gasteiger partial charge in [-0.3, -0.25) is 38.3 Å². The van der Waals surface area contributed by atoms with E-state index in [2.05, 4.69) is 122 Å². The van der Waals surface area contributed by atoms with Crippen molar-refractivity contribution in [3.63, 3.8) is 0 Å². The zero-order chi connectivity index (χ0) is 102. The molecular weight excluding hydrogens is 1820 g/mol. The Morgan fingerprint density at radius 2 is 0.789 bits per heavy atom. The molecule has 2 aliphatic heterocycles. The molecule has 4 saturated carbocycles. The van der Waals surface area contributed by atoms with Crippen molar-refractivity contribution in [1.29, 1.82) is 0 Å². The summed E-state index contributed by atoms with van der Waals surface area (Å²) in [5.41, 5.74) is -4.14. The molecule has 133 heavy (non-hydrogen) atoms. The van der Waals surface area contributed by atoms with Gasteiger partial charge in [0.1, 0.15) is 24.4 Å². The number of carbonyl (C=O) groups excluding carboxylic acids is 7. The molecule has 4 aliphatic carbocycles. The summed E-state index contributed by atoms with van der Waals surface area (Å²) < 4.78 is 274. The van der Waals surface area contributed by atoms with Crippen molar-refractivity contribution in [2.75, 3.05) is 11.3 Å². The number of alkyl halides is 15. The molecule has 0 radical (unpaired) electrons. The Hall–Kier alpha value is -8.22. The molecule has 10 rings (SSSR count). The molecule has 6 fully saturated rings. The highest BCUT2D eigenvalue weighted by Gasteiger charge is 2.78. The summed E-state index contributed by atoms with van der Waals surface area (Å²) >= 11 is 0. The molecule has 2 heterocycles. The van der Waals surface area contributed by atoms with Gasteiger partial charge in [-0.05, 0) is 204 Å². The first-order valence-electron chi connectivity index (χ1n) is 45.0. The second-order valence-corrected chi connectivity index (χ2v) is 42.8. The third-order valence-electron chi connectivity index (χ3n) is 26.6. The number of halogens is 15. The molecule has 0 spiro atoms. The Morgan fingerprint density at radius 3 is 1.10 bits per heavy atom. The zero-order valence-corrected chi connectivity index (χ0v) is 81.6. The molecule has 37 heteroatoms. The molecule has 20 nitrogen and oxygen atoms in total. The number of hydrogen-bond donors (Lipinski definition) is 2. The predicted octanol–water partition coefficient (Wildman–Crippen LogP) is 23.8. The van der Waals surface area contributed by atoms with Gasteiger partial charge in [0, 0.05) is 35.9 Å². The molecule has 4 bridgehead atoms. The van der Waals surface area contributed by atoms with Crippen LogP contribution in [0.1, 0.15) is 300 Å². The standard InChI is InChI=1S/C20H27NO2S.2C18H20F6O6.C14H28O2.C14H22.C12H16F3NO2S/c1-6-15(2)16-7-13-19(14-8-16)24(22,23)21-18-11-9-17(10-12-18)20(3,4)5;2*1-4-15(2,3)12(25)28-9-7-5-8-10(9)29-13(26)16(8,6-7)14(27)30-11(17(19,20)21)18(22,23)24;1-6-9-10-12(7-2)11-16-13(15)14(4,5)8-3;1-6-11(2)12-7-9-13(10-8-12)14(3,4)5;1-3-9(2)11-6-4-10(5-7-11)8-16-19(17,18)12(13,14)15/h7-15,21H,6H2,1-5H3;2*7-11H,4-6H2,1-3H3;12H,6-11H2,1-5H3;7-11H,6H2,1-5H3;4-7,9,16H,3,8H2,1-2H3. The van der Waals surface area contributed by atoms with Crippen molar-refractivity contribution in [2.45, 2.75) is 356 Å². The van der Waals surface area contributed by atoms with Crippen LogP contribution >= 0.6 is 0 Å². The first-order valence-corrected chi connectivity index (χ1v) is 48.0. The van der Waals surface area contributed by atoms with Gasteiger partial charge in [0.15, 0.2) is 10.8 Å². The first kappa shape index (κ1) is 115. The highest BCUT2D eigenvalue weighted by Crippen LogP contribution is 2.65. The molecule has 2 N–H and O–H groups in total. The smallest absolute Gasteiger partial charge is 0.465 e. The average molecular weight is 1950 g/mol. The van der Waals surface area contributed by atoms with Crippen LogP contribution < -0.4 is 9.44 Å². The number of rotatable bonds is 30. The van der Waals surface area contributed by atoms with E-state index >= 15 is 0 Å². The van der Waals surface area contributed by atoms with Crippen LogP contribution in [0, 0.1) is 56.7 Å². The first-order chi connectivity index (χ1) is 60.8. The fourth-order valence-electron chi connectivity index (χ4n) is 15.7. The Kier molecular flexibility index (Phi) is 38.9. The van der Waals surface area contributed by atoms with Crippen molar-refractivity contribution in [3.8, 4) is 0 Å². The van der Waals surface area contributed by atoms with Gasteiger partial charge in [0.2, 0.25) is 0 Å². The largest absolute Gasteiger partial charge is 0.511 e. The van der Waals surface area contributed by atoms with Crippen molar-refractivity contribution < 1.29 is 149 Å². The number of esters is 7. The fraction of sp³-hybridized carbons (Fsp3) is 0.677. The maximum atomic E-state index is 12.8. The maximum absolute atomic E-state index is 12.8. The lowest BCUT2D eigenvalue weighted by Crippen LogP contribution is -2.51. The van der Waals surface area contributed by atoms with E-state index in [0.29, 0.717) is 54.4 Å². The van der Waals surface area contributed by atoms with Gasteiger partial charge in [0.25, 0.3) is 22.2 Å². The lowest BCUT2D eigenvalue weighted by molar-refractivity contribution is -0.316. The highest BCUT2D eigenvalue weighted by molar-refractivity contribution is 7.92. The molecule has 752 valence electrons. The van der Waals surface area contributed by atoms with Gasteiger partial charge in [-0.25, -0.2) is 21.6 Å². The predicted molar refractivity (Wildman–Crippen MR) is 469 cm³/mol. The number of ether oxygens (including phenoxy) is 7. The number of hydrogen-bond acceptors (Lipinski definition) is 18. The maximum Gasteiger partial charge on any atom is 0.511 e. The summed E-state index contributed by atoms with van der Waals surface area (Å²) in [5, 5.41) is 0. The van der Waals surface area contributed by atoms with E-state index in [4.69, 9.17) is 23.7 Å². The van der Waals surface area contributed by atoms with E-state index in [-0.39, 0.29) is 46.5 Å². The Bertz CT molecular complexity index is 4620. The average Bonchev–Trinajstić information content (AvgIpc) is 1.53. The van der Waals surface area contributed by atoms with Crippen LogP contribution in [-0.2, 0) is 104 Å². The Labute approximate surface area is 772 Å². The number of anilines is 1. The second kappa shape index (κ2) is 44.9. The number of nitrogens with one attached hydrogen (secondary N) is 2. The minimum absolute atomic E-state index is 0.0448. The Morgan fingerprint density at radius 1 is 0.459 bits per heavy atom. The van der Waals surface area contributed by atoms with Gasteiger partial charge in [0.05, 0.1) is 27.7 Å². The van der Waals surface area contributed by atoms with Crippen LogP contribution in [0.4, 0.5) is 71.5 Å². The number of benzene rings is 4. The van der Waals surface area contributed by atoms with Gasteiger partial charge >= 0.3 is 82.0 Å². The summed E-state index contributed by atoms with van der Waals surface area (Å²) in [6.07, 6.45) is -27.3. The number of unbranched alkanes of at least 4 members (excludes halogenated alkanes) is 1. The molecular formula is C96H133F15N2O18S2. The quantitative estimate of drug-likeness (QED) is 0.0212. The van der Waals surface area contributed by atoms with Gasteiger partial charge in [-0.1, -0.05) is 210 Å². The molecule has 6 aliphatic rings. The fourth-order valence-corrected chi connectivity index (χ4v) is 17.3. The van der Waals surface area contributed by atoms with Gasteiger partial charge in [-0.2, -0.15) is 65.9 Å². The van der Waals surface area contributed by atoms with Crippen LogP contribution in [0.2, 0.25) is 0 Å². The third kappa shape index (κ3) is 29.0. The molecule has 14 unspecified atom stereocenters. The molecule has 0 amide bonds. The van der Waals surface area contributed by atoms with Crippen LogP contribution in [0.5, 0.6) is 0 Å². The topological polar surface area (TPSA) is 276 Å². The van der Waals surface area contributed by atoms with Crippen LogP contribution in [0.15, 0.2) is 102 Å². The normalized spacial score (nSPS) is 22.5. The third-order valence-corrected chi connectivity index (χ3v) is 29.1. The van der Waals surface area contributed by atoms with Crippen molar-refractivity contribution >= 4 is 67.5 Å².